The number of hydrogen-bond acceptors (Lipinski definition) is 6. The molecule has 0 unspecified atom stereocenters. The first-order valence-electron chi connectivity index (χ1n) is 13.2. The van der Waals surface area contributed by atoms with Gasteiger partial charge in [-0.05, 0) is 36.6 Å². The van der Waals surface area contributed by atoms with Crippen LogP contribution >= 0.6 is 0 Å². The summed E-state index contributed by atoms with van der Waals surface area (Å²) in [6.07, 6.45) is 2.04. The molecule has 1 heterocycles. The maximum Gasteiger partial charge on any atom is 0.244 e. The average Bonchev–Trinajstić information content (AvgIpc) is 3.42. The third-order valence-electron chi connectivity index (χ3n) is 6.79. The predicted octanol–water partition coefficient (Wildman–Crippen LogP) is 3.74. The number of fused-ring (bicyclic) bond motifs is 1. The second-order valence-electron chi connectivity index (χ2n) is 9.84. The third-order valence-corrected chi connectivity index (χ3v) is 7.93. The number of benzene rings is 3. The van der Waals surface area contributed by atoms with Gasteiger partial charge in [0.2, 0.25) is 28.6 Å². The molecule has 40 heavy (non-hydrogen) atoms. The Morgan fingerprint density at radius 2 is 1.55 bits per heavy atom. The van der Waals surface area contributed by atoms with Crippen molar-refractivity contribution in [2.24, 2.45) is 0 Å². The van der Waals surface area contributed by atoms with E-state index < -0.39 is 28.5 Å². The Morgan fingerprint density at radius 1 is 0.925 bits per heavy atom. The lowest BCUT2D eigenvalue weighted by Crippen LogP contribution is -2.54. The number of hydrogen-bond donors (Lipinski definition) is 1. The SMILES string of the molecule is CC[C@@H](C)NC(=O)[C@H](Cc1ccccc1)N(Cc1ccccc1)C(=O)CN(c1ccc2c(c1)OCO2)S(C)(=O)=O. The van der Waals surface area contributed by atoms with Crippen molar-refractivity contribution in [3.05, 3.63) is 90.0 Å². The van der Waals surface area contributed by atoms with Gasteiger partial charge in [-0.1, -0.05) is 67.6 Å². The topological polar surface area (TPSA) is 105 Å². The van der Waals surface area contributed by atoms with Crippen LogP contribution in [-0.2, 0) is 32.6 Å². The lowest BCUT2D eigenvalue weighted by atomic mass is 10.0. The Bertz CT molecular complexity index is 1420. The number of carbonyl (C=O) groups is 2. The van der Waals surface area contributed by atoms with Gasteiger partial charge in [0.15, 0.2) is 11.5 Å². The maximum atomic E-state index is 14.1. The molecule has 212 valence electrons. The van der Waals surface area contributed by atoms with Crippen LogP contribution in [0.3, 0.4) is 0 Å². The van der Waals surface area contributed by atoms with Crippen molar-refractivity contribution in [1.82, 2.24) is 10.2 Å². The number of rotatable bonds is 12. The zero-order valence-corrected chi connectivity index (χ0v) is 23.8. The Labute approximate surface area is 235 Å². The van der Waals surface area contributed by atoms with E-state index in [-0.39, 0.29) is 37.4 Å². The molecule has 2 amide bonds. The number of nitrogens with one attached hydrogen (secondary N) is 1. The predicted molar refractivity (Wildman–Crippen MR) is 154 cm³/mol. The molecule has 0 aromatic heterocycles. The number of anilines is 1. The van der Waals surface area contributed by atoms with Crippen molar-refractivity contribution < 1.29 is 27.5 Å². The van der Waals surface area contributed by atoms with Crippen LogP contribution in [0.1, 0.15) is 31.4 Å². The number of ether oxygens (including phenoxy) is 2. The molecule has 3 aromatic rings. The van der Waals surface area contributed by atoms with E-state index in [0.29, 0.717) is 11.5 Å². The van der Waals surface area contributed by atoms with E-state index in [0.717, 1.165) is 28.1 Å². The molecule has 2 atom stereocenters. The second kappa shape index (κ2) is 12.9. The van der Waals surface area contributed by atoms with Crippen molar-refractivity contribution in [3.63, 3.8) is 0 Å². The summed E-state index contributed by atoms with van der Waals surface area (Å²) in [6.45, 7) is 3.55. The summed E-state index contributed by atoms with van der Waals surface area (Å²) < 4.78 is 37.7. The normalized spacial score (nSPS) is 13.8. The molecule has 10 heteroatoms. The molecule has 1 aliphatic rings. The molecular weight excluding hydrogens is 530 g/mol. The van der Waals surface area contributed by atoms with Crippen LogP contribution in [0.2, 0.25) is 0 Å². The molecule has 0 fully saturated rings. The van der Waals surface area contributed by atoms with Gasteiger partial charge in [-0.2, -0.15) is 0 Å². The van der Waals surface area contributed by atoms with Crippen LogP contribution in [0.25, 0.3) is 0 Å². The van der Waals surface area contributed by atoms with Crippen LogP contribution < -0.4 is 19.1 Å². The molecule has 0 bridgehead atoms. The Kier molecular flexibility index (Phi) is 9.31. The monoisotopic (exact) mass is 565 g/mol. The summed E-state index contributed by atoms with van der Waals surface area (Å²) in [6, 6.07) is 22.6. The molecule has 0 aliphatic carbocycles. The summed E-state index contributed by atoms with van der Waals surface area (Å²) in [7, 11) is -3.88. The minimum Gasteiger partial charge on any atom is -0.454 e. The molecule has 1 aliphatic heterocycles. The molecular formula is C30H35N3O6S. The Balaban J connectivity index is 1.71. The Morgan fingerprint density at radius 3 is 2.17 bits per heavy atom. The van der Waals surface area contributed by atoms with E-state index in [1.807, 2.05) is 74.5 Å². The van der Waals surface area contributed by atoms with Crippen LogP contribution in [0.5, 0.6) is 11.5 Å². The highest BCUT2D eigenvalue weighted by atomic mass is 32.2. The third kappa shape index (κ3) is 7.32. The fraction of sp³-hybridized carbons (Fsp3) is 0.333. The van der Waals surface area contributed by atoms with Crippen molar-refractivity contribution >= 4 is 27.5 Å². The van der Waals surface area contributed by atoms with E-state index in [9.17, 15) is 18.0 Å². The van der Waals surface area contributed by atoms with Gasteiger partial charge in [-0.25, -0.2) is 8.42 Å². The number of amides is 2. The van der Waals surface area contributed by atoms with Gasteiger partial charge < -0.3 is 19.7 Å². The highest BCUT2D eigenvalue weighted by Crippen LogP contribution is 2.36. The molecule has 3 aromatic carbocycles. The van der Waals surface area contributed by atoms with Gasteiger partial charge in [-0.3, -0.25) is 13.9 Å². The van der Waals surface area contributed by atoms with Crippen LogP contribution in [-0.4, -0.2) is 56.8 Å². The van der Waals surface area contributed by atoms with Gasteiger partial charge in [0.05, 0.1) is 11.9 Å². The van der Waals surface area contributed by atoms with E-state index in [1.54, 1.807) is 12.1 Å². The molecule has 1 N–H and O–H groups in total. The lowest BCUT2D eigenvalue weighted by Gasteiger charge is -2.34. The summed E-state index contributed by atoms with van der Waals surface area (Å²) in [5.74, 6) is 0.0946. The highest BCUT2D eigenvalue weighted by Gasteiger charge is 2.33. The van der Waals surface area contributed by atoms with E-state index in [1.165, 1.54) is 11.0 Å². The number of sulfonamides is 1. The Hall–Kier alpha value is -4.05. The fourth-order valence-electron chi connectivity index (χ4n) is 4.43. The van der Waals surface area contributed by atoms with Crippen LogP contribution in [0.15, 0.2) is 78.9 Å². The number of nitrogens with zero attached hydrogens (tertiary/aromatic N) is 2. The van der Waals surface area contributed by atoms with Crippen LogP contribution in [0, 0.1) is 0 Å². The first-order valence-corrected chi connectivity index (χ1v) is 15.1. The zero-order valence-electron chi connectivity index (χ0n) is 22.9. The first kappa shape index (κ1) is 28.9. The van der Waals surface area contributed by atoms with Crippen molar-refractivity contribution in [1.29, 1.82) is 0 Å². The van der Waals surface area contributed by atoms with Gasteiger partial charge in [0.25, 0.3) is 0 Å². The molecule has 0 radical (unpaired) electrons. The van der Waals surface area contributed by atoms with Gasteiger partial charge in [-0.15, -0.1) is 0 Å². The fourth-order valence-corrected chi connectivity index (χ4v) is 5.27. The molecule has 0 saturated carbocycles. The van der Waals surface area contributed by atoms with E-state index >= 15 is 0 Å². The maximum absolute atomic E-state index is 14.1. The van der Waals surface area contributed by atoms with Crippen LogP contribution in [0.4, 0.5) is 5.69 Å². The zero-order chi connectivity index (χ0) is 28.7. The second-order valence-corrected chi connectivity index (χ2v) is 11.7. The minimum atomic E-state index is -3.88. The smallest absolute Gasteiger partial charge is 0.244 e. The summed E-state index contributed by atoms with van der Waals surface area (Å²) in [4.78, 5) is 29.2. The standard InChI is InChI=1S/C30H35N3O6S/c1-4-22(2)31-30(35)26(17-23-11-7-5-8-12-23)32(19-24-13-9-6-10-14-24)29(34)20-33(40(3,36)37)25-15-16-27-28(18-25)39-21-38-27/h5-16,18,22,26H,4,17,19-21H2,1-3H3,(H,31,35)/t22-,26+/m1/s1. The van der Waals surface area contributed by atoms with Gasteiger partial charge in [0, 0.05) is 25.1 Å². The van der Waals surface area contributed by atoms with E-state index in [4.69, 9.17) is 9.47 Å². The summed E-state index contributed by atoms with van der Waals surface area (Å²) in [5, 5.41) is 3.02. The van der Waals surface area contributed by atoms with Crippen molar-refractivity contribution in [3.8, 4) is 11.5 Å². The highest BCUT2D eigenvalue weighted by molar-refractivity contribution is 7.92. The molecule has 9 nitrogen and oxygen atoms in total. The van der Waals surface area contributed by atoms with Gasteiger partial charge >= 0.3 is 0 Å². The molecule has 0 saturated heterocycles. The quantitative estimate of drug-likeness (QED) is 0.359. The molecule has 4 rings (SSSR count). The number of carbonyl (C=O) groups excluding carboxylic acids is 2. The summed E-state index contributed by atoms with van der Waals surface area (Å²) >= 11 is 0. The molecule has 0 spiro atoms. The summed E-state index contributed by atoms with van der Waals surface area (Å²) in [5.41, 5.74) is 1.97. The van der Waals surface area contributed by atoms with Crippen molar-refractivity contribution in [2.45, 2.75) is 45.3 Å². The average molecular weight is 566 g/mol. The lowest BCUT2D eigenvalue weighted by molar-refractivity contribution is -0.140. The van der Waals surface area contributed by atoms with E-state index in [2.05, 4.69) is 5.32 Å². The first-order chi connectivity index (χ1) is 19.2. The van der Waals surface area contributed by atoms with Crippen molar-refractivity contribution in [2.75, 3.05) is 23.9 Å². The van der Waals surface area contributed by atoms with Gasteiger partial charge in [0.1, 0.15) is 12.6 Å². The largest absolute Gasteiger partial charge is 0.454 e. The minimum absolute atomic E-state index is 0.0356.